The number of hydrazone groups is 1. The van der Waals surface area contributed by atoms with E-state index >= 15 is 0 Å². The molecule has 0 aromatic carbocycles. The molecular formula is C16H20F3N3. The molecule has 0 spiro atoms. The second-order valence-electron chi connectivity index (χ2n) is 6.27. The largest absolute Gasteiger partial charge is 0.417 e. The number of pyridine rings is 1. The average molecular weight is 311 g/mol. The van der Waals surface area contributed by atoms with Crippen LogP contribution in [0.4, 0.5) is 19.0 Å². The van der Waals surface area contributed by atoms with E-state index in [9.17, 15) is 13.2 Å². The van der Waals surface area contributed by atoms with Crippen molar-refractivity contribution in [3.05, 3.63) is 23.9 Å². The number of hydrogen-bond acceptors (Lipinski definition) is 3. The van der Waals surface area contributed by atoms with Gasteiger partial charge in [-0.05, 0) is 49.7 Å². The molecule has 2 fully saturated rings. The lowest BCUT2D eigenvalue weighted by Crippen LogP contribution is -2.28. The number of aromatic nitrogens is 1. The summed E-state index contributed by atoms with van der Waals surface area (Å²) in [4.78, 5) is 3.77. The van der Waals surface area contributed by atoms with Crippen molar-refractivity contribution in [1.29, 1.82) is 0 Å². The van der Waals surface area contributed by atoms with Crippen LogP contribution in [0.2, 0.25) is 0 Å². The van der Waals surface area contributed by atoms with E-state index in [0.29, 0.717) is 5.82 Å². The number of anilines is 1. The van der Waals surface area contributed by atoms with Crippen LogP contribution >= 0.6 is 0 Å². The SMILES string of the molecule is FC(F)(F)c1ccc(N/N=C2\CC[C@H]3CCCC[C@@H]3C2)nc1. The summed E-state index contributed by atoms with van der Waals surface area (Å²) in [6, 6.07) is 2.34. The molecule has 0 radical (unpaired) electrons. The van der Waals surface area contributed by atoms with Gasteiger partial charge in [-0.3, -0.25) is 5.43 Å². The fraction of sp³-hybridized carbons (Fsp3) is 0.625. The minimum absolute atomic E-state index is 0.353. The Morgan fingerprint density at radius 2 is 1.86 bits per heavy atom. The van der Waals surface area contributed by atoms with Crippen LogP contribution < -0.4 is 5.43 Å². The van der Waals surface area contributed by atoms with E-state index in [1.54, 1.807) is 0 Å². The summed E-state index contributed by atoms with van der Waals surface area (Å²) in [5, 5.41) is 4.36. The van der Waals surface area contributed by atoms with Crippen molar-refractivity contribution in [2.24, 2.45) is 16.9 Å². The molecule has 6 heteroatoms. The molecule has 2 saturated carbocycles. The zero-order chi connectivity index (χ0) is 15.6. The van der Waals surface area contributed by atoms with Crippen molar-refractivity contribution in [2.45, 2.75) is 51.1 Å². The van der Waals surface area contributed by atoms with Crippen LogP contribution in [0.1, 0.15) is 50.5 Å². The zero-order valence-corrected chi connectivity index (χ0v) is 12.4. The van der Waals surface area contributed by atoms with Crippen LogP contribution in [-0.4, -0.2) is 10.7 Å². The van der Waals surface area contributed by atoms with Gasteiger partial charge < -0.3 is 0 Å². The molecule has 0 unspecified atom stereocenters. The van der Waals surface area contributed by atoms with Gasteiger partial charge in [0.2, 0.25) is 0 Å². The average Bonchev–Trinajstić information content (AvgIpc) is 2.52. The molecule has 0 aliphatic heterocycles. The first-order chi connectivity index (χ1) is 10.5. The zero-order valence-electron chi connectivity index (χ0n) is 12.4. The lowest BCUT2D eigenvalue weighted by molar-refractivity contribution is -0.137. The van der Waals surface area contributed by atoms with Crippen molar-refractivity contribution in [3.8, 4) is 0 Å². The predicted octanol–water partition coefficient (Wildman–Crippen LogP) is 4.86. The molecule has 0 amide bonds. The normalized spacial score (nSPS) is 27.5. The molecule has 120 valence electrons. The van der Waals surface area contributed by atoms with Crippen molar-refractivity contribution in [1.82, 2.24) is 4.98 Å². The quantitative estimate of drug-likeness (QED) is 0.792. The summed E-state index contributed by atoms with van der Waals surface area (Å²) in [5.41, 5.74) is 3.17. The van der Waals surface area contributed by atoms with Crippen molar-refractivity contribution in [3.63, 3.8) is 0 Å². The third-order valence-electron chi connectivity index (χ3n) is 4.79. The van der Waals surface area contributed by atoms with Gasteiger partial charge in [0.15, 0.2) is 0 Å². The topological polar surface area (TPSA) is 37.3 Å². The van der Waals surface area contributed by atoms with Crippen LogP contribution in [0, 0.1) is 11.8 Å². The standard InChI is InChI=1S/C16H20F3N3/c17-16(18,19)13-6-8-15(20-10-13)22-21-14-7-5-11-3-1-2-4-12(11)9-14/h6,8,10-12H,1-5,7,9H2,(H,20,22)/b21-14+/t11-,12-/m1/s1. The van der Waals surface area contributed by atoms with Crippen molar-refractivity contribution in [2.75, 3.05) is 5.43 Å². The fourth-order valence-electron chi connectivity index (χ4n) is 3.56. The molecule has 2 aliphatic carbocycles. The summed E-state index contributed by atoms with van der Waals surface area (Å²) in [6.45, 7) is 0. The summed E-state index contributed by atoms with van der Waals surface area (Å²) in [6.07, 6.45) is 4.94. The first kappa shape index (κ1) is 15.3. The van der Waals surface area contributed by atoms with E-state index in [4.69, 9.17) is 0 Å². The monoisotopic (exact) mass is 311 g/mol. The molecule has 1 aromatic heterocycles. The molecular weight excluding hydrogens is 291 g/mol. The van der Waals surface area contributed by atoms with Gasteiger partial charge in [0.1, 0.15) is 5.82 Å². The number of hydrogen-bond donors (Lipinski definition) is 1. The van der Waals surface area contributed by atoms with E-state index in [1.807, 2.05) is 0 Å². The van der Waals surface area contributed by atoms with Crippen molar-refractivity contribution >= 4 is 11.5 Å². The Labute approximate surface area is 128 Å². The van der Waals surface area contributed by atoms with Crippen molar-refractivity contribution < 1.29 is 13.2 Å². The Morgan fingerprint density at radius 3 is 2.55 bits per heavy atom. The Balaban J connectivity index is 1.59. The molecule has 1 N–H and O–H groups in total. The number of halogens is 3. The lowest BCUT2D eigenvalue weighted by Gasteiger charge is -2.35. The van der Waals surface area contributed by atoms with Crippen LogP contribution in [-0.2, 0) is 6.18 Å². The number of nitrogens with zero attached hydrogens (tertiary/aromatic N) is 2. The summed E-state index contributed by atoms with van der Waals surface area (Å²) >= 11 is 0. The van der Waals surface area contributed by atoms with Crippen LogP contribution in [0.3, 0.4) is 0 Å². The third-order valence-corrected chi connectivity index (χ3v) is 4.79. The van der Waals surface area contributed by atoms with Gasteiger partial charge in [0.05, 0.1) is 5.56 Å². The maximum Gasteiger partial charge on any atom is 0.417 e. The summed E-state index contributed by atoms with van der Waals surface area (Å²) < 4.78 is 37.4. The highest BCUT2D eigenvalue weighted by atomic mass is 19.4. The molecule has 2 aliphatic rings. The number of fused-ring (bicyclic) bond motifs is 1. The van der Waals surface area contributed by atoms with Crippen LogP contribution in [0.25, 0.3) is 0 Å². The van der Waals surface area contributed by atoms with Gasteiger partial charge in [0, 0.05) is 11.9 Å². The smallest absolute Gasteiger partial charge is 0.261 e. The number of alkyl halides is 3. The second kappa shape index (κ2) is 6.26. The van der Waals surface area contributed by atoms with E-state index in [0.717, 1.165) is 42.7 Å². The fourth-order valence-corrected chi connectivity index (χ4v) is 3.56. The van der Waals surface area contributed by atoms with E-state index in [-0.39, 0.29) is 0 Å². The van der Waals surface area contributed by atoms with Gasteiger partial charge in [-0.15, -0.1) is 0 Å². The number of rotatable bonds is 2. The maximum absolute atomic E-state index is 12.5. The van der Waals surface area contributed by atoms with Gasteiger partial charge in [-0.1, -0.05) is 19.3 Å². The van der Waals surface area contributed by atoms with Gasteiger partial charge >= 0.3 is 6.18 Å². The van der Waals surface area contributed by atoms with Gasteiger partial charge in [-0.25, -0.2) is 4.98 Å². The molecule has 3 nitrogen and oxygen atoms in total. The molecule has 2 atom stereocenters. The minimum Gasteiger partial charge on any atom is -0.261 e. The Morgan fingerprint density at radius 1 is 1.09 bits per heavy atom. The highest BCUT2D eigenvalue weighted by Crippen LogP contribution is 2.39. The van der Waals surface area contributed by atoms with Gasteiger partial charge in [-0.2, -0.15) is 18.3 Å². The van der Waals surface area contributed by atoms with E-state index < -0.39 is 11.7 Å². The van der Waals surface area contributed by atoms with E-state index in [2.05, 4.69) is 15.5 Å². The second-order valence-corrected chi connectivity index (χ2v) is 6.27. The lowest BCUT2D eigenvalue weighted by atomic mass is 9.70. The van der Waals surface area contributed by atoms with Crippen LogP contribution in [0.15, 0.2) is 23.4 Å². The highest BCUT2D eigenvalue weighted by molar-refractivity contribution is 5.86. The Hall–Kier alpha value is -1.59. The molecule has 0 bridgehead atoms. The Kier molecular flexibility index (Phi) is 4.36. The predicted molar refractivity (Wildman–Crippen MR) is 79.6 cm³/mol. The van der Waals surface area contributed by atoms with E-state index in [1.165, 1.54) is 38.2 Å². The molecule has 22 heavy (non-hydrogen) atoms. The first-order valence-electron chi connectivity index (χ1n) is 7.87. The summed E-state index contributed by atoms with van der Waals surface area (Å²) in [5.74, 6) is 1.94. The third kappa shape index (κ3) is 3.59. The number of nitrogens with one attached hydrogen (secondary N) is 1. The van der Waals surface area contributed by atoms with Gasteiger partial charge in [0.25, 0.3) is 0 Å². The summed E-state index contributed by atoms with van der Waals surface area (Å²) in [7, 11) is 0. The Bertz CT molecular complexity index is 537. The highest BCUT2D eigenvalue weighted by Gasteiger charge is 2.31. The molecule has 1 aromatic rings. The maximum atomic E-state index is 12.5. The molecule has 0 saturated heterocycles. The first-order valence-corrected chi connectivity index (χ1v) is 7.87. The minimum atomic E-state index is -4.35. The molecule has 3 rings (SSSR count). The molecule has 1 heterocycles. The van der Waals surface area contributed by atoms with Crippen LogP contribution in [0.5, 0.6) is 0 Å².